The number of halogens is 1. The minimum Gasteiger partial charge on any atom is -0.491 e. The van der Waals surface area contributed by atoms with Gasteiger partial charge in [0.15, 0.2) is 9.84 Å². The van der Waals surface area contributed by atoms with E-state index in [4.69, 9.17) is 9.47 Å². The lowest BCUT2D eigenvalue weighted by molar-refractivity contribution is 0.0287. The van der Waals surface area contributed by atoms with Crippen molar-refractivity contribution in [2.45, 2.75) is 30.9 Å². The molecule has 222 valence electrons. The first kappa shape index (κ1) is 29.7. The highest BCUT2D eigenvalue weighted by molar-refractivity contribution is 7.90. The van der Waals surface area contributed by atoms with Crippen molar-refractivity contribution in [3.05, 3.63) is 82.7 Å². The summed E-state index contributed by atoms with van der Waals surface area (Å²) in [6.45, 7) is 5.05. The quantitative estimate of drug-likeness (QED) is 0.431. The minimum atomic E-state index is -3.78. The van der Waals surface area contributed by atoms with E-state index in [0.717, 1.165) is 35.6 Å². The molecule has 1 unspecified atom stereocenters. The number of carbonyl (C=O) groups is 2. The summed E-state index contributed by atoms with van der Waals surface area (Å²) in [5.41, 5.74) is 3.32. The highest BCUT2D eigenvalue weighted by Crippen LogP contribution is 2.31. The number of morpholine rings is 1. The average molecular weight is 596 g/mol. The molecule has 42 heavy (non-hydrogen) atoms. The Kier molecular flexibility index (Phi) is 8.91. The van der Waals surface area contributed by atoms with Crippen LogP contribution in [0, 0.1) is 5.82 Å². The number of fused-ring (bicyclic) bond motifs is 1. The van der Waals surface area contributed by atoms with Gasteiger partial charge in [-0.15, -0.1) is 0 Å². The third-order valence-corrected chi connectivity index (χ3v) is 8.61. The Morgan fingerprint density at radius 2 is 1.83 bits per heavy atom. The van der Waals surface area contributed by atoms with Crippen LogP contribution in [-0.2, 0) is 27.5 Å². The molecule has 0 spiro atoms. The molecule has 5 rings (SSSR count). The first-order valence-corrected chi connectivity index (χ1v) is 15.8. The Morgan fingerprint density at radius 1 is 1.07 bits per heavy atom. The van der Waals surface area contributed by atoms with Gasteiger partial charge in [-0.3, -0.25) is 9.59 Å². The second kappa shape index (κ2) is 12.6. The standard InChI is InChI=1S/C31H34FN3O6S/c1-3-25-26(9-11-28(29(25)32)42(2,38)39)31(37)35-13-15-41-27-10-8-22(16-23(27)19-35)20-4-6-21(7-5-20)30(36)34-18-24-17-33-12-14-40-24/h4-11,16,24,33H,3,12-15,17-19H2,1-2H3,(H,34,36). The number of rotatable bonds is 7. The third kappa shape index (κ3) is 6.48. The molecular formula is C31H34FN3O6S. The highest BCUT2D eigenvalue weighted by Gasteiger charge is 2.27. The van der Waals surface area contributed by atoms with Gasteiger partial charge in [-0.25, -0.2) is 12.8 Å². The number of benzene rings is 3. The van der Waals surface area contributed by atoms with Crippen LogP contribution in [0.15, 0.2) is 59.5 Å². The SMILES string of the molecule is CCc1c(C(=O)N2CCOc3ccc(-c4ccc(C(=O)NCC5CNCCO5)cc4)cc3C2)ccc(S(C)(=O)=O)c1F. The predicted molar refractivity (Wildman–Crippen MR) is 156 cm³/mol. The molecule has 9 nitrogen and oxygen atoms in total. The molecule has 0 bridgehead atoms. The van der Waals surface area contributed by atoms with Gasteiger partial charge < -0.3 is 25.0 Å². The van der Waals surface area contributed by atoms with E-state index in [-0.39, 0.29) is 49.3 Å². The van der Waals surface area contributed by atoms with Crippen molar-refractivity contribution < 1.29 is 31.9 Å². The van der Waals surface area contributed by atoms with E-state index in [1.165, 1.54) is 6.07 Å². The molecule has 1 fully saturated rings. The molecule has 0 saturated carbocycles. The molecule has 2 aliphatic heterocycles. The molecule has 2 N–H and O–H groups in total. The van der Waals surface area contributed by atoms with Crippen molar-refractivity contribution in [3.63, 3.8) is 0 Å². The fourth-order valence-corrected chi connectivity index (χ4v) is 5.99. The molecule has 1 atom stereocenters. The molecule has 11 heteroatoms. The van der Waals surface area contributed by atoms with Crippen LogP contribution < -0.4 is 15.4 Å². The number of nitrogens with zero attached hydrogens (tertiary/aromatic N) is 1. The fraction of sp³-hybridized carbons (Fsp3) is 0.355. The number of amides is 2. The molecule has 0 radical (unpaired) electrons. The van der Waals surface area contributed by atoms with E-state index in [1.807, 2.05) is 30.3 Å². The van der Waals surface area contributed by atoms with Crippen LogP contribution in [0.25, 0.3) is 11.1 Å². The van der Waals surface area contributed by atoms with E-state index < -0.39 is 26.5 Å². The maximum Gasteiger partial charge on any atom is 0.254 e. The van der Waals surface area contributed by atoms with Gasteiger partial charge in [0.25, 0.3) is 11.8 Å². The molecular weight excluding hydrogens is 561 g/mol. The second-order valence-corrected chi connectivity index (χ2v) is 12.4. The van der Waals surface area contributed by atoms with Crippen LogP contribution in [0.5, 0.6) is 5.75 Å². The molecule has 0 aliphatic carbocycles. The van der Waals surface area contributed by atoms with Gasteiger partial charge in [0.05, 0.1) is 19.3 Å². The average Bonchev–Trinajstić information content (AvgIpc) is 3.21. The topological polar surface area (TPSA) is 114 Å². The molecule has 0 aromatic heterocycles. The number of carbonyl (C=O) groups excluding carboxylic acids is 2. The van der Waals surface area contributed by atoms with Gasteiger partial charge in [0.2, 0.25) is 0 Å². The summed E-state index contributed by atoms with van der Waals surface area (Å²) in [6.07, 6.45) is 1.07. The summed E-state index contributed by atoms with van der Waals surface area (Å²) in [5, 5.41) is 6.15. The largest absolute Gasteiger partial charge is 0.491 e. The molecule has 3 aromatic carbocycles. The zero-order chi connectivity index (χ0) is 29.9. The number of hydrogen-bond acceptors (Lipinski definition) is 7. The van der Waals surface area contributed by atoms with Crippen LogP contribution >= 0.6 is 0 Å². The summed E-state index contributed by atoms with van der Waals surface area (Å²) in [5.74, 6) is -0.792. The number of nitrogens with one attached hydrogen (secondary N) is 2. The Bertz CT molecular complexity index is 1590. The van der Waals surface area contributed by atoms with Crippen LogP contribution in [0.2, 0.25) is 0 Å². The zero-order valence-corrected chi connectivity index (χ0v) is 24.4. The van der Waals surface area contributed by atoms with Crippen molar-refractivity contribution in [1.29, 1.82) is 0 Å². The normalized spacial score (nSPS) is 17.1. The number of ether oxygens (including phenoxy) is 2. The predicted octanol–water partition coefficient (Wildman–Crippen LogP) is 3.21. The Labute approximate surface area is 244 Å². The maximum absolute atomic E-state index is 15.1. The van der Waals surface area contributed by atoms with E-state index in [1.54, 1.807) is 24.0 Å². The summed E-state index contributed by atoms with van der Waals surface area (Å²) in [7, 11) is -3.78. The lowest BCUT2D eigenvalue weighted by atomic mass is 10.00. The van der Waals surface area contributed by atoms with Gasteiger partial charge in [-0.1, -0.05) is 25.1 Å². The Morgan fingerprint density at radius 3 is 2.52 bits per heavy atom. The van der Waals surface area contributed by atoms with Crippen molar-refractivity contribution in [1.82, 2.24) is 15.5 Å². The van der Waals surface area contributed by atoms with Gasteiger partial charge in [0, 0.05) is 54.7 Å². The van der Waals surface area contributed by atoms with Gasteiger partial charge >= 0.3 is 0 Å². The lowest BCUT2D eigenvalue weighted by Gasteiger charge is -2.23. The van der Waals surface area contributed by atoms with E-state index in [0.29, 0.717) is 31.0 Å². The van der Waals surface area contributed by atoms with Crippen molar-refractivity contribution in [2.24, 2.45) is 0 Å². The number of hydrogen-bond donors (Lipinski definition) is 2. The van der Waals surface area contributed by atoms with Crippen LogP contribution in [-0.4, -0.2) is 76.9 Å². The van der Waals surface area contributed by atoms with E-state index in [2.05, 4.69) is 10.6 Å². The third-order valence-electron chi connectivity index (χ3n) is 7.49. The fourth-order valence-electron chi connectivity index (χ4n) is 5.22. The van der Waals surface area contributed by atoms with Crippen molar-refractivity contribution >= 4 is 21.7 Å². The lowest BCUT2D eigenvalue weighted by Crippen LogP contribution is -2.45. The number of sulfone groups is 1. The first-order valence-electron chi connectivity index (χ1n) is 13.9. The smallest absolute Gasteiger partial charge is 0.254 e. The molecule has 2 amide bonds. The summed E-state index contributed by atoms with van der Waals surface area (Å²) in [4.78, 5) is 27.4. The first-order chi connectivity index (χ1) is 20.2. The summed E-state index contributed by atoms with van der Waals surface area (Å²) in [6, 6.07) is 15.5. The molecule has 1 saturated heterocycles. The van der Waals surface area contributed by atoms with Gasteiger partial charge in [0.1, 0.15) is 23.1 Å². The monoisotopic (exact) mass is 595 g/mol. The maximum atomic E-state index is 15.1. The highest BCUT2D eigenvalue weighted by atomic mass is 32.2. The summed E-state index contributed by atoms with van der Waals surface area (Å²) < 4.78 is 50.7. The molecule has 2 heterocycles. The van der Waals surface area contributed by atoms with E-state index in [9.17, 15) is 18.0 Å². The van der Waals surface area contributed by atoms with Crippen molar-refractivity contribution in [3.8, 4) is 16.9 Å². The Balaban J connectivity index is 1.32. The molecule has 3 aromatic rings. The van der Waals surface area contributed by atoms with Crippen molar-refractivity contribution in [2.75, 3.05) is 45.6 Å². The van der Waals surface area contributed by atoms with Crippen LogP contribution in [0.1, 0.15) is 38.8 Å². The summed E-state index contributed by atoms with van der Waals surface area (Å²) >= 11 is 0. The van der Waals surface area contributed by atoms with E-state index >= 15 is 4.39 Å². The van der Waals surface area contributed by atoms with Crippen LogP contribution in [0.3, 0.4) is 0 Å². The molecule has 2 aliphatic rings. The Hall–Kier alpha value is -3.80. The minimum absolute atomic E-state index is 0.0466. The van der Waals surface area contributed by atoms with Gasteiger partial charge in [-0.05, 0) is 53.9 Å². The van der Waals surface area contributed by atoms with Crippen LogP contribution in [0.4, 0.5) is 4.39 Å². The van der Waals surface area contributed by atoms with Gasteiger partial charge in [-0.2, -0.15) is 0 Å². The zero-order valence-electron chi connectivity index (χ0n) is 23.6. The second-order valence-electron chi connectivity index (χ2n) is 10.4.